The fraction of sp³-hybridized carbons (Fsp3) is 0.308. The van der Waals surface area contributed by atoms with Crippen molar-refractivity contribution in [3.8, 4) is 5.75 Å². The first kappa shape index (κ1) is 10.7. The third-order valence-corrected chi connectivity index (χ3v) is 2.39. The van der Waals surface area contributed by atoms with E-state index in [2.05, 4.69) is 6.92 Å². The molecule has 3 nitrogen and oxygen atoms in total. The van der Waals surface area contributed by atoms with Crippen molar-refractivity contribution in [1.29, 1.82) is 0 Å². The molecule has 0 atom stereocenters. The molecule has 0 aliphatic carbocycles. The van der Waals surface area contributed by atoms with Gasteiger partial charge in [-0.15, -0.1) is 0 Å². The molecular formula is C13H14O3. The van der Waals surface area contributed by atoms with Crippen molar-refractivity contribution >= 4 is 11.0 Å². The summed E-state index contributed by atoms with van der Waals surface area (Å²) in [5, 5.41) is 0.924. The van der Waals surface area contributed by atoms with E-state index in [1.165, 1.54) is 6.07 Å². The van der Waals surface area contributed by atoms with E-state index in [1.807, 2.05) is 19.1 Å². The molecule has 2 rings (SSSR count). The molecule has 0 saturated heterocycles. The van der Waals surface area contributed by atoms with Crippen LogP contribution >= 0.6 is 0 Å². The second-order valence-corrected chi connectivity index (χ2v) is 3.75. The van der Waals surface area contributed by atoms with Crippen LogP contribution in [0.5, 0.6) is 5.75 Å². The van der Waals surface area contributed by atoms with E-state index >= 15 is 0 Å². The zero-order valence-corrected chi connectivity index (χ0v) is 9.45. The number of benzene rings is 1. The Morgan fingerprint density at radius 3 is 2.88 bits per heavy atom. The summed E-state index contributed by atoms with van der Waals surface area (Å²) in [6.45, 7) is 4.65. The van der Waals surface area contributed by atoms with E-state index < -0.39 is 0 Å². The maximum Gasteiger partial charge on any atom is 0.336 e. The van der Waals surface area contributed by atoms with Crippen molar-refractivity contribution in [2.45, 2.75) is 20.3 Å². The molecular weight excluding hydrogens is 204 g/mol. The Balaban J connectivity index is 2.49. The predicted octanol–water partition coefficient (Wildman–Crippen LogP) is 2.89. The third kappa shape index (κ3) is 2.08. The average Bonchev–Trinajstić information content (AvgIpc) is 2.26. The molecule has 0 radical (unpaired) electrons. The van der Waals surface area contributed by atoms with Gasteiger partial charge in [-0.25, -0.2) is 4.79 Å². The van der Waals surface area contributed by atoms with E-state index in [0.717, 1.165) is 23.1 Å². The minimum Gasteiger partial charge on any atom is -0.494 e. The lowest BCUT2D eigenvalue weighted by molar-refractivity contribution is 0.317. The van der Waals surface area contributed by atoms with Crippen LogP contribution in [0.1, 0.15) is 18.9 Å². The third-order valence-electron chi connectivity index (χ3n) is 2.39. The molecule has 1 heterocycles. The topological polar surface area (TPSA) is 39.4 Å². The largest absolute Gasteiger partial charge is 0.494 e. The zero-order chi connectivity index (χ0) is 11.5. The lowest BCUT2D eigenvalue weighted by Gasteiger charge is -2.06. The van der Waals surface area contributed by atoms with Crippen LogP contribution in [0.4, 0.5) is 0 Å². The van der Waals surface area contributed by atoms with Gasteiger partial charge in [-0.2, -0.15) is 0 Å². The molecule has 3 heteroatoms. The summed E-state index contributed by atoms with van der Waals surface area (Å²) in [4.78, 5) is 11.2. The van der Waals surface area contributed by atoms with Gasteiger partial charge in [0.1, 0.15) is 11.3 Å². The first-order chi connectivity index (χ1) is 7.70. The highest BCUT2D eigenvalue weighted by atomic mass is 16.5. The van der Waals surface area contributed by atoms with Crippen LogP contribution < -0.4 is 10.4 Å². The number of hydrogen-bond acceptors (Lipinski definition) is 3. The van der Waals surface area contributed by atoms with Crippen LogP contribution in [0.25, 0.3) is 11.0 Å². The molecule has 84 valence electrons. The van der Waals surface area contributed by atoms with Crippen LogP contribution in [0.3, 0.4) is 0 Å². The Labute approximate surface area is 93.7 Å². The summed E-state index contributed by atoms with van der Waals surface area (Å²) in [5.41, 5.74) is 1.20. The predicted molar refractivity (Wildman–Crippen MR) is 63.0 cm³/mol. The Morgan fingerprint density at radius 2 is 2.12 bits per heavy atom. The number of aryl methyl sites for hydroxylation is 1. The second kappa shape index (κ2) is 4.39. The van der Waals surface area contributed by atoms with Gasteiger partial charge in [0.2, 0.25) is 0 Å². The minimum atomic E-state index is -0.313. The van der Waals surface area contributed by atoms with Gasteiger partial charge in [0.15, 0.2) is 0 Å². The Morgan fingerprint density at radius 1 is 1.31 bits per heavy atom. The van der Waals surface area contributed by atoms with Gasteiger partial charge in [0.05, 0.1) is 6.61 Å². The lowest BCUT2D eigenvalue weighted by Crippen LogP contribution is -1.99. The smallest absolute Gasteiger partial charge is 0.336 e. The Hall–Kier alpha value is -1.77. The van der Waals surface area contributed by atoms with Gasteiger partial charge >= 0.3 is 5.63 Å². The summed E-state index contributed by atoms with van der Waals surface area (Å²) in [5.74, 6) is 0.811. The monoisotopic (exact) mass is 218 g/mol. The zero-order valence-electron chi connectivity index (χ0n) is 9.45. The molecule has 0 aliphatic heterocycles. The maximum atomic E-state index is 11.2. The summed E-state index contributed by atoms with van der Waals surface area (Å²) in [6, 6.07) is 6.99. The second-order valence-electron chi connectivity index (χ2n) is 3.75. The van der Waals surface area contributed by atoms with E-state index in [-0.39, 0.29) is 5.63 Å². The van der Waals surface area contributed by atoms with E-state index in [9.17, 15) is 4.79 Å². The highest BCUT2D eigenvalue weighted by Crippen LogP contribution is 2.22. The number of hydrogen-bond donors (Lipinski definition) is 0. The molecule has 1 aromatic heterocycles. The highest BCUT2D eigenvalue weighted by Gasteiger charge is 2.03. The Kier molecular flexibility index (Phi) is 2.95. The van der Waals surface area contributed by atoms with Crippen LogP contribution in [-0.2, 0) is 0 Å². The summed E-state index contributed by atoms with van der Waals surface area (Å²) < 4.78 is 10.6. The molecule has 16 heavy (non-hydrogen) atoms. The van der Waals surface area contributed by atoms with Crippen LogP contribution in [0, 0.1) is 6.92 Å². The van der Waals surface area contributed by atoms with Gasteiger partial charge in [0, 0.05) is 11.5 Å². The molecule has 0 fully saturated rings. The van der Waals surface area contributed by atoms with Crippen molar-refractivity contribution < 1.29 is 9.15 Å². The van der Waals surface area contributed by atoms with Gasteiger partial charge in [-0.3, -0.25) is 0 Å². The van der Waals surface area contributed by atoms with E-state index in [4.69, 9.17) is 9.15 Å². The fourth-order valence-corrected chi connectivity index (χ4v) is 1.61. The summed E-state index contributed by atoms with van der Waals surface area (Å²) >= 11 is 0. The SMILES string of the molecule is CCCOc1ccc2oc(=O)cc(C)c2c1. The molecule has 0 unspecified atom stereocenters. The molecule has 0 bridgehead atoms. The normalized spacial score (nSPS) is 10.6. The lowest BCUT2D eigenvalue weighted by atomic mass is 10.1. The van der Waals surface area contributed by atoms with Gasteiger partial charge in [-0.05, 0) is 37.1 Å². The van der Waals surface area contributed by atoms with Crippen LogP contribution in [0.2, 0.25) is 0 Å². The molecule has 0 saturated carbocycles. The molecule has 0 spiro atoms. The quantitative estimate of drug-likeness (QED) is 0.743. The molecule has 0 amide bonds. The van der Waals surface area contributed by atoms with Crippen LogP contribution in [-0.4, -0.2) is 6.61 Å². The van der Waals surface area contributed by atoms with Gasteiger partial charge < -0.3 is 9.15 Å². The van der Waals surface area contributed by atoms with Crippen LogP contribution in [0.15, 0.2) is 33.5 Å². The van der Waals surface area contributed by atoms with E-state index in [1.54, 1.807) is 6.07 Å². The summed E-state index contributed by atoms with van der Waals surface area (Å²) in [6.07, 6.45) is 0.973. The van der Waals surface area contributed by atoms with E-state index in [0.29, 0.717) is 12.2 Å². The molecule has 2 aromatic rings. The first-order valence-corrected chi connectivity index (χ1v) is 5.38. The van der Waals surface area contributed by atoms with Gasteiger partial charge in [0.25, 0.3) is 0 Å². The first-order valence-electron chi connectivity index (χ1n) is 5.38. The highest BCUT2D eigenvalue weighted by molar-refractivity contribution is 5.81. The van der Waals surface area contributed by atoms with Crippen molar-refractivity contribution in [2.75, 3.05) is 6.61 Å². The number of rotatable bonds is 3. The molecule has 0 aliphatic rings. The summed E-state index contributed by atoms with van der Waals surface area (Å²) in [7, 11) is 0. The molecule has 0 N–H and O–H groups in total. The Bertz CT molecular complexity index is 555. The fourth-order valence-electron chi connectivity index (χ4n) is 1.61. The number of fused-ring (bicyclic) bond motifs is 1. The maximum absolute atomic E-state index is 11.2. The molecule has 1 aromatic carbocycles. The van der Waals surface area contributed by atoms with Crippen molar-refractivity contribution in [1.82, 2.24) is 0 Å². The van der Waals surface area contributed by atoms with Crippen molar-refractivity contribution in [3.63, 3.8) is 0 Å². The van der Waals surface area contributed by atoms with Crippen molar-refractivity contribution in [2.24, 2.45) is 0 Å². The number of ether oxygens (including phenoxy) is 1. The minimum absolute atomic E-state index is 0.313. The standard InChI is InChI=1S/C13H14O3/c1-3-6-15-10-4-5-12-11(8-10)9(2)7-13(14)16-12/h4-5,7-8H,3,6H2,1-2H3. The van der Waals surface area contributed by atoms with Gasteiger partial charge in [-0.1, -0.05) is 6.92 Å². The average molecular weight is 218 g/mol. The van der Waals surface area contributed by atoms with Crippen molar-refractivity contribution in [3.05, 3.63) is 40.2 Å².